The van der Waals surface area contributed by atoms with E-state index in [1.165, 1.54) is 51.4 Å². The van der Waals surface area contributed by atoms with Crippen molar-refractivity contribution in [3.05, 3.63) is 0 Å². The van der Waals surface area contributed by atoms with Gasteiger partial charge in [-0.3, -0.25) is 0 Å². The molecule has 19 heavy (non-hydrogen) atoms. The van der Waals surface area contributed by atoms with Gasteiger partial charge in [-0.1, -0.05) is 0 Å². The van der Waals surface area contributed by atoms with Gasteiger partial charge in [-0.2, -0.15) is 0 Å². The quantitative estimate of drug-likeness (QED) is 0.294. The zero-order valence-electron chi connectivity index (χ0n) is 14.6. The fourth-order valence-corrected chi connectivity index (χ4v) is 21.3. The average Bonchev–Trinajstić information content (AvgIpc) is 2.44. The molecule has 0 bridgehead atoms. The molecule has 0 aliphatic heterocycles. The number of hydrogen-bond donors (Lipinski definition) is 0. The molecule has 0 aromatic carbocycles. The monoisotopic (exact) mass is 376 g/mol. The van der Waals surface area contributed by atoms with Gasteiger partial charge in [0.1, 0.15) is 0 Å². The molecule has 1 heteroatoms. The fourth-order valence-electron chi connectivity index (χ4n) is 3.52. The zero-order chi connectivity index (χ0) is 14.6. The second-order valence-electron chi connectivity index (χ2n) is 6.72. The minimum absolute atomic E-state index is 1.14. The maximum absolute atomic E-state index is 2.65. The second-order valence-corrected chi connectivity index (χ2v) is 21.6. The van der Waals surface area contributed by atoms with Crippen LogP contribution in [0.15, 0.2) is 0 Å². The maximum atomic E-state index is 2.65. The number of unbranched alkanes of at least 4 members (excludes halogenated alkanes) is 4. The van der Waals surface area contributed by atoms with E-state index in [9.17, 15) is 0 Å². The minimum atomic E-state index is -1.85. The molecule has 0 aliphatic carbocycles. The van der Waals surface area contributed by atoms with E-state index >= 15 is 0 Å². The third kappa shape index (κ3) is 7.97. The predicted molar refractivity (Wildman–Crippen MR) is 93.8 cm³/mol. The fraction of sp³-hybridized carbons (Fsp3) is 1.00. The van der Waals surface area contributed by atoms with Crippen LogP contribution in [0.4, 0.5) is 0 Å². The molecule has 1 atom stereocenters. The molecule has 0 radical (unpaired) electrons. The van der Waals surface area contributed by atoms with Crippen LogP contribution in [0.25, 0.3) is 0 Å². The van der Waals surface area contributed by atoms with Crippen molar-refractivity contribution < 1.29 is 0 Å². The van der Waals surface area contributed by atoms with Crippen molar-refractivity contribution in [1.29, 1.82) is 0 Å². The molecule has 0 nitrogen and oxygen atoms in total. The van der Waals surface area contributed by atoms with Crippen LogP contribution in [0, 0.1) is 0 Å². The van der Waals surface area contributed by atoms with E-state index < -0.39 is 18.4 Å². The number of hydrogen-bond acceptors (Lipinski definition) is 0. The van der Waals surface area contributed by atoms with Gasteiger partial charge in [-0.15, -0.1) is 0 Å². The Morgan fingerprint density at radius 1 is 0.632 bits per heavy atom. The molecule has 0 fully saturated rings. The van der Waals surface area contributed by atoms with Gasteiger partial charge in [0, 0.05) is 0 Å². The van der Waals surface area contributed by atoms with E-state index in [0.29, 0.717) is 0 Å². The van der Waals surface area contributed by atoms with Crippen LogP contribution in [0.2, 0.25) is 17.2 Å². The standard InChI is InChI=1S/C6H13.3C4H9.Sn/c1-3-5-6-4-2;3*1-3-4-2;/h3H,4-6H2,1-2H3;3*1,3-4H2,2H3;. The van der Waals surface area contributed by atoms with E-state index in [2.05, 4.69) is 34.6 Å². The van der Waals surface area contributed by atoms with Crippen LogP contribution in [-0.2, 0) is 0 Å². The van der Waals surface area contributed by atoms with Gasteiger partial charge in [-0.05, 0) is 0 Å². The van der Waals surface area contributed by atoms with Crippen LogP contribution in [0.1, 0.15) is 92.4 Å². The normalized spacial score (nSPS) is 13.7. The Bertz CT molecular complexity index is 166. The van der Waals surface area contributed by atoms with Gasteiger partial charge in [0.2, 0.25) is 0 Å². The van der Waals surface area contributed by atoms with Gasteiger partial charge in [0.05, 0.1) is 0 Å². The van der Waals surface area contributed by atoms with Gasteiger partial charge >= 0.3 is 128 Å². The van der Waals surface area contributed by atoms with Crippen molar-refractivity contribution >= 4 is 18.4 Å². The van der Waals surface area contributed by atoms with Crippen molar-refractivity contribution in [2.45, 2.75) is 110 Å². The second kappa shape index (κ2) is 12.5. The van der Waals surface area contributed by atoms with Crippen molar-refractivity contribution in [3.8, 4) is 0 Å². The Hall–Kier alpha value is 0.799. The molecule has 0 spiro atoms. The summed E-state index contributed by atoms with van der Waals surface area (Å²) in [5, 5.41) is 0. The summed E-state index contributed by atoms with van der Waals surface area (Å²) < 4.78 is 6.21. The topological polar surface area (TPSA) is 0 Å². The van der Waals surface area contributed by atoms with Gasteiger partial charge < -0.3 is 0 Å². The first-order valence-corrected chi connectivity index (χ1v) is 16.9. The summed E-state index contributed by atoms with van der Waals surface area (Å²) >= 11 is -1.85. The van der Waals surface area contributed by atoms with Gasteiger partial charge in [0.25, 0.3) is 0 Å². The summed E-state index contributed by atoms with van der Waals surface area (Å²) in [4.78, 5) is 0. The Labute approximate surface area is 128 Å². The van der Waals surface area contributed by atoms with E-state index in [1.54, 1.807) is 19.7 Å². The van der Waals surface area contributed by atoms with Crippen LogP contribution in [-0.4, -0.2) is 18.4 Å². The number of rotatable bonds is 13. The molecule has 0 saturated heterocycles. The van der Waals surface area contributed by atoms with Crippen LogP contribution in [0.5, 0.6) is 0 Å². The molecule has 0 saturated carbocycles. The first-order chi connectivity index (χ1) is 9.16. The van der Waals surface area contributed by atoms with E-state index in [4.69, 9.17) is 0 Å². The first kappa shape index (κ1) is 19.8. The predicted octanol–water partition coefficient (Wildman–Crippen LogP) is 7.42. The van der Waals surface area contributed by atoms with Crippen molar-refractivity contribution in [3.63, 3.8) is 0 Å². The van der Waals surface area contributed by atoms with Crippen molar-refractivity contribution in [2.75, 3.05) is 0 Å². The molecule has 0 aromatic rings. The van der Waals surface area contributed by atoms with Gasteiger partial charge in [-0.25, -0.2) is 0 Å². The zero-order valence-corrected chi connectivity index (χ0v) is 17.4. The molecule has 0 heterocycles. The molecule has 116 valence electrons. The van der Waals surface area contributed by atoms with Gasteiger partial charge in [0.15, 0.2) is 0 Å². The van der Waals surface area contributed by atoms with Crippen LogP contribution >= 0.6 is 0 Å². The molecule has 0 amide bonds. The summed E-state index contributed by atoms with van der Waals surface area (Å²) in [6.45, 7) is 12.1. The van der Waals surface area contributed by atoms with Crippen molar-refractivity contribution in [2.24, 2.45) is 0 Å². The molecule has 0 aliphatic rings. The molecule has 0 aromatic heterocycles. The third-order valence-electron chi connectivity index (χ3n) is 5.12. The SMILES string of the molecule is CCCC[CH](C)[Sn]([CH2]CCC)([CH2]CCC)[CH2]CCC. The average molecular weight is 375 g/mol. The van der Waals surface area contributed by atoms with Crippen molar-refractivity contribution in [1.82, 2.24) is 0 Å². The molecule has 0 N–H and O–H groups in total. The molecular formula is C18H40Sn. The van der Waals surface area contributed by atoms with E-state index in [1.807, 2.05) is 0 Å². The summed E-state index contributed by atoms with van der Waals surface area (Å²) in [6, 6.07) is 0. The summed E-state index contributed by atoms with van der Waals surface area (Å²) in [5.74, 6) is 0. The Morgan fingerprint density at radius 2 is 1.00 bits per heavy atom. The van der Waals surface area contributed by atoms with E-state index in [-0.39, 0.29) is 0 Å². The molecule has 1 unspecified atom stereocenters. The first-order valence-electron chi connectivity index (χ1n) is 9.16. The summed E-state index contributed by atoms with van der Waals surface area (Å²) in [7, 11) is 0. The Balaban J connectivity index is 4.73. The Morgan fingerprint density at radius 3 is 1.32 bits per heavy atom. The summed E-state index contributed by atoms with van der Waals surface area (Å²) in [5.41, 5.74) is 0. The third-order valence-corrected chi connectivity index (χ3v) is 23.5. The molecular weight excluding hydrogens is 335 g/mol. The Kier molecular flexibility index (Phi) is 13.1. The summed E-state index contributed by atoms with van der Waals surface area (Å²) in [6.07, 6.45) is 13.2. The van der Waals surface area contributed by atoms with Crippen LogP contribution in [0.3, 0.4) is 0 Å². The molecule has 0 rings (SSSR count). The van der Waals surface area contributed by atoms with Crippen LogP contribution < -0.4 is 0 Å². The van der Waals surface area contributed by atoms with E-state index in [0.717, 1.165) is 3.93 Å².